The summed E-state index contributed by atoms with van der Waals surface area (Å²) in [5, 5.41) is 12.1. The molecule has 0 aliphatic rings. The van der Waals surface area contributed by atoms with Gasteiger partial charge in [-0.3, -0.25) is 5.10 Å². The molecule has 0 amide bonds. The molecule has 40 heavy (non-hydrogen) atoms. The van der Waals surface area contributed by atoms with Crippen molar-refractivity contribution < 1.29 is 4.39 Å². The zero-order valence-electron chi connectivity index (χ0n) is 23.4. The molecule has 0 aliphatic heterocycles. The number of benzene rings is 2. The Balaban J connectivity index is 1.52. The zero-order chi connectivity index (χ0) is 28.4. The normalized spacial score (nSPS) is 12.7. The van der Waals surface area contributed by atoms with Crippen molar-refractivity contribution in [2.24, 2.45) is 5.41 Å². The molecule has 2 aromatic carbocycles. The van der Waals surface area contributed by atoms with E-state index in [-0.39, 0.29) is 11.2 Å². The van der Waals surface area contributed by atoms with Gasteiger partial charge in [-0.05, 0) is 84.0 Å². The van der Waals surface area contributed by atoms with E-state index in [1.165, 1.54) is 6.07 Å². The predicted octanol–water partition coefficient (Wildman–Crippen LogP) is 8.92. The van der Waals surface area contributed by atoms with Crippen LogP contribution in [0.2, 0.25) is 0 Å². The maximum Gasteiger partial charge on any atom is 0.135 e. The number of fused-ring (bicyclic) bond motifs is 2. The third-order valence-corrected chi connectivity index (χ3v) is 6.67. The summed E-state index contributed by atoms with van der Waals surface area (Å²) in [5.74, 6) is -0.262. The van der Waals surface area contributed by atoms with Crippen LogP contribution < -0.4 is 5.32 Å². The lowest BCUT2D eigenvalue weighted by Gasteiger charge is -2.21. The first-order valence-corrected chi connectivity index (χ1v) is 13.3. The summed E-state index contributed by atoms with van der Waals surface area (Å²) in [4.78, 5) is 8.49. The van der Waals surface area contributed by atoms with Gasteiger partial charge in [0.15, 0.2) is 0 Å². The minimum atomic E-state index is -0.262. The van der Waals surface area contributed by atoms with E-state index in [0.717, 1.165) is 73.5 Å². The van der Waals surface area contributed by atoms with E-state index in [4.69, 9.17) is 4.98 Å². The summed E-state index contributed by atoms with van der Waals surface area (Å²) >= 11 is 0. The quantitative estimate of drug-likeness (QED) is 0.175. The Hall–Kier alpha value is -4.71. The van der Waals surface area contributed by atoms with Crippen molar-refractivity contribution in [1.82, 2.24) is 25.5 Å². The Bertz CT molecular complexity index is 1790. The maximum absolute atomic E-state index is 14.0. The molecule has 3 heterocycles. The summed E-state index contributed by atoms with van der Waals surface area (Å²) in [6, 6.07) is 18.6. The van der Waals surface area contributed by atoms with E-state index in [1.54, 1.807) is 18.2 Å². The third-order valence-electron chi connectivity index (χ3n) is 6.67. The van der Waals surface area contributed by atoms with Crippen LogP contribution in [-0.2, 0) is 0 Å². The highest BCUT2D eigenvalue weighted by Crippen LogP contribution is 2.34. The SMILES string of the molecule is C=C/C(=C\C(=C/C)c1ccc2[nH]nc(-c3cc4c(-c5cccc(F)c5)cccc4[nH]3)c2n1)NC(=C)CC(C)(C)C. The average Bonchev–Trinajstić information content (AvgIpc) is 3.53. The van der Waals surface area contributed by atoms with Gasteiger partial charge >= 0.3 is 0 Å². The highest BCUT2D eigenvalue weighted by Gasteiger charge is 2.16. The molecule has 0 aliphatic carbocycles. The Kier molecular flexibility index (Phi) is 7.26. The van der Waals surface area contributed by atoms with Crippen molar-refractivity contribution in [2.45, 2.75) is 34.1 Å². The van der Waals surface area contributed by atoms with Gasteiger partial charge in [-0.15, -0.1) is 0 Å². The van der Waals surface area contributed by atoms with Crippen molar-refractivity contribution in [1.29, 1.82) is 0 Å². The van der Waals surface area contributed by atoms with Crippen LogP contribution in [0.15, 0.2) is 103 Å². The number of nitrogens with zero attached hydrogens (tertiary/aromatic N) is 2. The van der Waals surface area contributed by atoms with Crippen molar-refractivity contribution in [3.63, 3.8) is 0 Å². The molecule has 0 fully saturated rings. The summed E-state index contributed by atoms with van der Waals surface area (Å²) < 4.78 is 14.0. The van der Waals surface area contributed by atoms with Crippen LogP contribution in [0, 0.1) is 11.2 Å². The lowest BCUT2D eigenvalue weighted by atomic mass is 9.91. The topological polar surface area (TPSA) is 69.4 Å². The molecule has 0 bridgehead atoms. The maximum atomic E-state index is 14.0. The number of hydrogen-bond acceptors (Lipinski definition) is 3. The van der Waals surface area contributed by atoms with Gasteiger partial charge in [-0.25, -0.2) is 9.37 Å². The van der Waals surface area contributed by atoms with Crippen molar-refractivity contribution in [3.8, 4) is 22.5 Å². The lowest BCUT2D eigenvalue weighted by Crippen LogP contribution is -2.16. The standard InChI is InChI=1S/C34H34FN5/c1-7-22(18-25(8-2)36-21(3)20-34(4,5)6)28-15-16-30-32(38-28)33(40-39-30)31-19-27-26(13-10-14-29(27)37-31)23-11-9-12-24(35)17-23/h7-19,36-37H,2-3,20H2,1,4-6H3,(H,39,40)/b22-7+,25-18+. The van der Waals surface area contributed by atoms with E-state index in [2.05, 4.69) is 60.5 Å². The highest BCUT2D eigenvalue weighted by atomic mass is 19.1. The number of halogens is 1. The van der Waals surface area contributed by atoms with Gasteiger partial charge in [-0.1, -0.05) is 64.3 Å². The van der Waals surface area contributed by atoms with Gasteiger partial charge in [0.05, 0.1) is 16.9 Å². The summed E-state index contributed by atoms with van der Waals surface area (Å²) in [5.41, 5.74) is 9.56. The van der Waals surface area contributed by atoms with Crippen LogP contribution in [0.5, 0.6) is 0 Å². The predicted molar refractivity (Wildman–Crippen MR) is 165 cm³/mol. The van der Waals surface area contributed by atoms with Gasteiger partial charge < -0.3 is 10.3 Å². The molecule has 5 nitrogen and oxygen atoms in total. The van der Waals surface area contributed by atoms with Gasteiger partial charge in [0.1, 0.15) is 17.0 Å². The minimum absolute atomic E-state index is 0.130. The second-order valence-corrected chi connectivity index (χ2v) is 11.1. The first-order valence-electron chi connectivity index (χ1n) is 13.3. The fourth-order valence-corrected chi connectivity index (χ4v) is 4.95. The lowest BCUT2D eigenvalue weighted by molar-refractivity contribution is 0.403. The van der Waals surface area contributed by atoms with E-state index in [0.29, 0.717) is 0 Å². The molecule has 5 aromatic rings. The van der Waals surface area contributed by atoms with Gasteiger partial charge in [0.2, 0.25) is 0 Å². The van der Waals surface area contributed by atoms with Crippen LogP contribution in [0.1, 0.15) is 39.8 Å². The molecular weight excluding hydrogens is 497 g/mol. The largest absolute Gasteiger partial charge is 0.359 e. The number of nitrogens with one attached hydrogen (secondary N) is 3. The van der Waals surface area contributed by atoms with Gasteiger partial charge in [0.25, 0.3) is 0 Å². The Morgan fingerprint density at radius 2 is 1.85 bits per heavy atom. The van der Waals surface area contributed by atoms with Crippen molar-refractivity contribution >= 4 is 27.5 Å². The Morgan fingerprint density at radius 3 is 2.58 bits per heavy atom. The number of hydrogen-bond donors (Lipinski definition) is 3. The van der Waals surface area contributed by atoms with Crippen LogP contribution in [0.3, 0.4) is 0 Å². The van der Waals surface area contributed by atoms with Crippen LogP contribution >= 0.6 is 0 Å². The molecule has 3 N–H and O–H groups in total. The number of allylic oxidation sites excluding steroid dienone is 5. The van der Waals surface area contributed by atoms with Crippen LogP contribution in [-0.4, -0.2) is 20.2 Å². The van der Waals surface area contributed by atoms with Gasteiger partial charge in [0, 0.05) is 22.3 Å². The number of pyridine rings is 1. The molecule has 0 saturated carbocycles. The summed E-state index contributed by atoms with van der Waals surface area (Å²) in [7, 11) is 0. The molecule has 5 rings (SSSR count). The van der Waals surface area contributed by atoms with Crippen LogP contribution in [0.4, 0.5) is 4.39 Å². The number of H-pyrrole nitrogens is 2. The average molecular weight is 532 g/mol. The minimum Gasteiger partial charge on any atom is -0.359 e. The zero-order valence-corrected chi connectivity index (χ0v) is 23.4. The second kappa shape index (κ2) is 10.8. The molecular formula is C34H34FN5. The first-order chi connectivity index (χ1) is 19.1. The van der Waals surface area contributed by atoms with Crippen molar-refractivity contribution in [3.05, 3.63) is 115 Å². The van der Waals surface area contributed by atoms with E-state index in [9.17, 15) is 4.39 Å². The van der Waals surface area contributed by atoms with E-state index < -0.39 is 0 Å². The fraction of sp³-hybridized carbons (Fsp3) is 0.176. The highest BCUT2D eigenvalue weighted by molar-refractivity contribution is 6.00. The number of aromatic nitrogens is 4. The Labute approximate surface area is 234 Å². The number of aromatic amines is 2. The molecule has 0 atom stereocenters. The summed E-state index contributed by atoms with van der Waals surface area (Å²) in [6.45, 7) is 16.7. The Morgan fingerprint density at radius 1 is 1.05 bits per heavy atom. The third kappa shape index (κ3) is 5.66. The smallest absolute Gasteiger partial charge is 0.135 e. The summed E-state index contributed by atoms with van der Waals surface area (Å²) in [6.07, 6.45) is 6.69. The molecule has 202 valence electrons. The molecule has 0 unspecified atom stereocenters. The molecule has 3 aromatic heterocycles. The molecule has 0 saturated heterocycles. The van der Waals surface area contributed by atoms with E-state index in [1.807, 2.05) is 55.5 Å². The number of rotatable bonds is 8. The van der Waals surface area contributed by atoms with E-state index >= 15 is 0 Å². The van der Waals surface area contributed by atoms with Gasteiger partial charge in [-0.2, -0.15) is 5.10 Å². The van der Waals surface area contributed by atoms with Crippen LogP contribution in [0.25, 0.3) is 50.0 Å². The molecule has 0 spiro atoms. The molecule has 6 heteroatoms. The second-order valence-electron chi connectivity index (χ2n) is 11.1. The monoisotopic (exact) mass is 531 g/mol. The first kappa shape index (κ1) is 26.9. The van der Waals surface area contributed by atoms with Crippen molar-refractivity contribution in [2.75, 3.05) is 0 Å². The molecule has 0 radical (unpaired) electrons. The fourth-order valence-electron chi connectivity index (χ4n) is 4.95.